The quantitative estimate of drug-likeness (QED) is 0.162. The highest BCUT2D eigenvalue weighted by Crippen LogP contribution is 2.34. The number of aryl methyl sites for hydroxylation is 1. The number of ketones is 2. The molecule has 8 heterocycles. The number of nitrogens with one attached hydrogen (secondary N) is 2. The number of hydrogen-bond donors (Lipinski definition) is 2. The number of benzene rings is 2. The molecular weight excluding hydrogens is 1010 g/mol. The number of carbonyl (C=O) groups excluding carboxylic acids is 6. The molecule has 10 rings (SSSR count). The van der Waals surface area contributed by atoms with Crippen LogP contribution in [-0.2, 0) is 38.1 Å². The summed E-state index contributed by atoms with van der Waals surface area (Å²) in [6, 6.07) is 8.43. The van der Waals surface area contributed by atoms with Gasteiger partial charge in [-0.15, -0.1) is 0 Å². The molecule has 0 aliphatic carbocycles. The van der Waals surface area contributed by atoms with E-state index >= 15 is 0 Å². The van der Waals surface area contributed by atoms with Crippen molar-refractivity contribution in [3.8, 4) is 11.5 Å². The molecule has 6 saturated heterocycles. The molecule has 2 N–H and O–H groups in total. The lowest BCUT2D eigenvalue weighted by Crippen LogP contribution is -2.52. The van der Waals surface area contributed by atoms with Gasteiger partial charge in [0.15, 0.2) is 23.1 Å². The number of furan rings is 2. The van der Waals surface area contributed by atoms with Crippen LogP contribution >= 0.6 is 0 Å². The molecule has 418 valence electrons. The van der Waals surface area contributed by atoms with Crippen LogP contribution in [0.5, 0.6) is 11.5 Å². The standard InChI is InChI=1S/C28H36FN3O7.C27H34FN3O7/c1-15(2)9-21(28(35)32-12-20(29)26-24(32)22(33)14-38-26)30-27(34)25-16(3)19-10-17(5-6-23(19)39-25)37-13-18-11-31(4)7-8-36-18;1-15(2)8-20(27(34)31-12-19(28)25-24(31)21(32)14-37-25)29-26(33)23-10-16-9-17(4-5-22(16)38-23)36-13-18-11-30(3)6-7-35-18/h5-6,10,15,18,20-21,24,26H,7-9,11-14H2,1-4H3,(H,30,34);4-5,9-10,15,18-20,24-25H,6-8,11-14H2,1-3H3,(H,29,33)/t18?,20-,21-,24+,26+;18?,19-,20-,24+,25+/m00/s1. The van der Waals surface area contributed by atoms with Gasteiger partial charge in [0.25, 0.3) is 11.8 Å². The highest BCUT2D eigenvalue weighted by atomic mass is 19.1. The molecule has 20 nitrogen and oxygen atoms in total. The number of amides is 4. The Hall–Kier alpha value is -6.04. The minimum Gasteiger partial charge on any atom is -0.491 e. The van der Waals surface area contributed by atoms with Crippen molar-refractivity contribution in [2.75, 3.05) is 93.0 Å². The van der Waals surface area contributed by atoms with Gasteiger partial charge >= 0.3 is 0 Å². The fourth-order valence-electron chi connectivity index (χ4n) is 10.9. The first-order valence-electron chi connectivity index (χ1n) is 26.5. The Kier molecular flexibility index (Phi) is 17.3. The van der Waals surface area contributed by atoms with Gasteiger partial charge in [0, 0.05) is 42.5 Å². The molecular formula is C55H70F2N6O14. The molecule has 2 aromatic carbocycles. The van der Waals surface area contributed by atoms with Crippen molar-refractivity contribution in [3.63, 3.8) is 0 Å². The minimum atomic E-state index is -1.44. The second-order valence-electron chi connectivity index (χ2n) is 21.9. The third-order valence-corrected chi connectivity index (χ3v) is 14.8. The van der Waals surface area contributed by atoms with Gasteiger partial charge in [-0.3, -0.25) is 28.8 Å². The maximum absolute atomic E-state index is 14.5. The monoisotopic (exact) mass is 1080 g/mol. The first kappa shape index (κ1) is 55.7. The summed E-state index contributed by atoms with van der Waals surface area (Å²) in [5, 5.41) is 6.94. The summed E-state index contributed by atoms with van der Waals surface area (Å²) in [7, 11) is 4.09. The van der Waals surface area contributed by atoms with E-state index in [2.05, 4.69) is 20.4 Å². The van der Waals surface area contributed by atoms with Crippen LogP contribution in [-0.4, -0.2) is 209 Å². The van der Waals surface area contributed by atoms with Gasteiger partial charge in [-0.05, 0) is 88.2 Å². The smallest absolute Gasteiger partial charge is 0.287 e. The molecule has 2 aromatic heterocycles. The SMILES string of the molecule is CC(C)C[C@H](NC(=O)c1cc2cc(OCC3CN(C)CCO3)ccc2o1)C(=O)N1C[C@H](F)[C@H]2OCC(=O)[C@H]21.Cc1c(C(=O)N[C@@H](CC(C)C)C(=O)N2C[C@H](F)[C@H]3OCC(=O)[C@H]32)oc2ccc(OCC3CN(C)CCO3)cc12. The molecule has 6 fully saturated rings. The number of likely N-dealkylation sites (N-methyl/N-ethyl adjacent to an activating group) is 2. The number of rotatable bonds is 16. The molecule has 6 aliphatic heterocycles. The van der Waals surface area contributed by atoms with Crippen molar-refractivity contribution in [3.05, 3.63) is 59.5 Å². The average molecular weight is 1080 g/mol. The van der Waals surface area contributed by atoms with Crippen LogP contribution in [0.4, 0.5) is 8.78 Å². The van der Waals surface area contributed by atoms with Gasteiger partial charge in [-0.25, -0.2) is 8.78 Å². The second kappa shape index (κ2) is 23.9. The maximum atomic E-state index is 14.5. The zero-order valence-corrected chi connectivity index (χ0v) is 44.6. The van der Waals surface area contributed by atoms with E-state index in [1.165, 1.54) is 9.80 Å². The largest absolute Gasteiger partial charge is 0.491 e. The van der Waals surface area contributed by atoms with Gasteiger partial charge in [0.1, 0.15) is 110 Å². The van der Waals surface area contributed by atoms with E-state index in [1.807, 2.05) is 47.9 Å². The van der Waals surface area contributed by atoms with Crippen molar-refractivity contribution >= 4 is 57.1 Å². The van der Waals surface area contributed by atoms with E-state index in [9.17, 15) is 37.5 Å². The highest BCUT2D eigenvalue weighted by molar-refractivity contribution is 6.03. The van der Waals surface area contributed by atoms with Crippen LogP contribution in [0, 0.1) is 18.8 Å². The molecule has 4 amide bonds. The third kappa shape index (κ3) is 12.6. The van der Waals surface area contributed by atoms with Gasteiger partial charge in [0.2, 0.25) is 11.8 Å². The van der Waals surface area contributed by atoms with E-state index in [-0.39, 0.29) is 73.4 Å². The first-order chi connectivity index (χ1) is 36.8. The topological polar surface area (TPSA) is 221 Å². The van der Waals surface area contributed by atoms with Crippen LogP contribution in [0.2, 0.25) is 0 Å². The molecule has 0 radical (unpaired) electrons. The Morgan fingerprint density at radius 3 is 1.65 bits per heavy atom. The number of morpholine rings is 2. The number of carbonyl (C=O) groups is 6. The maximum Gasteiger partial charge on any atom is 0.287 e. The third-order valence-electron chi connectivity index (χ3n) is 14.8. The van der Waals surface area contributed by atoms with Crippen LogP contribution < -0.4 is 20.1 Å². The lowest BCUT2D eigenvalue weighted by atomic mass is 10.0. The zero-order chi connectivity index (χ0) is 54.8. The average Bonchev–Trinajstić information content (AvgIpc) is 4.34. The molecule has 77 heavy (non-hydrogen) atoms. The Bertz CT molecular complexity index is 2820. The lowest BCUT2D eigenvalue weighted by Gasteiger charge is -2.29. The van der Waals surface area contributed by atoms with E-state index in [1.54, 1.807) is 43.3 Å². The summed E-state index contributed by atoms with van der Waals surface area (Å²) in [5.74, 6) is -1.25. The van der Waals surface area contributed by atoms with E-state index < -0.39 is 72.3 Å². The van der Waals surface area contributed by atoms with Gasteiger partial charge in [-0.1, -0.05) is 27.7 Å². The molecule has 2 unspecified atom stereocenters. The number of halogens is 2. The van der Waals surface area contributed by atoms with Gasteiger partial charge < -0.3 is 67.5 Å². The number of nitrogens with zero attached hydrogens (tertiary/aromatic N) is 4. The summed E-state index contributed by atoms with van der Waals surface area (Å²) >= 11 is 0. The number of fused-ring (bicyclic) bond motifs is 4. The highest BCUT2D eigenvalue weighted by Gasteiger charge is 2.55. The van der Waals surface area contributed by atoms with Gasteiger partial charge in [0.05, 0.1) is 26.3 Å². The summed E-state index contributed by atoms with van der Waals surface area (Å²) in [6.45, 7) is 14.1. The normalized spacial score (nSPS) is 26.5. The van der Waals surface area contributed by atoms with Crippen molar-refractivity contribution in [1.82, 2.24) is 30.2 Å². The van der Waals surface area contributed by atoms with Gasteiger partial charge in [-0.2, -0.15) is 0 Å². The van der Waals surface area contributed by atoms with E-state index in [0.29, 0.717) is 72.9 Å². The predicted molar refractivity (Wildman–Crippen MR) is 274 cm³/mol. The first-order valence-corrected chi connectivity index (χ1v) is 26.5. The molecule has 0 bridgehead atoms. The number of Topliss-reactive ketones (excluding diaryl/α,β-unsaturated/α-hetero) is 2. The molecule has 0 spiro atoms. The second-order valence-corrected chi connectivity index (χ2v) is 21.9. The Morgan fingerprint density at radius 1 is 0.649 bits per heavy atom. The Morgan fingerprint density at radius 2 is 1.14 bits per heavy atom. The number of hydrogen-bond acceptors (Lipinski definition) is 16. The van der Waals surface area contributed by atoms with Crippen LogP contribution in [0.1, 0.15) is 67.2 Å². The molecule has 6 aliphatic rings. The summed E-state index contributed by atoms with van der Waals surface area (Å²) < 4.78 is 74.5. The van der Waals surface area contributed by atoms with Crippen LogP contribution in [0.15, 0.2) is 51.3 Å². The minimum absolute atomic E-state index is 0.0183. The Labute approximate surface area is 445 Å². The number of alkyl halides is 2. The predicted octanol–water partition coefficient (Wildman–Crippen LogP) is 3.92. The summed E-state index contributed by atoms with van der Waals surface area (Å²) in [4.78, 5) is 84.8. The number of likely N-dealkylation sites (tertiary alicyclic amines) is 2. The lowest BCUT2D eigenvalue weighted by molar-refractivity contribution is -0.138. The van der Waals surface area contributed by atoms with Crippen LogP contribution in [0.3, 0.4) is 0 Å². The van der Waals surface area contributed by atoms with E-state index in [0.717, 1.165) is 31.6 Å². The van der Waals surface area contributed by atoms with Crippen molar-refractivity contribution < 1.29 is 74.8 Å². The van der Waals surface area contributed by atoms with Crippen LogP contribution in [0.25, 0.3) is 21.9 Å². The van der Waals surface area contributed by atoms with E-state index in [4.69, 9.17) is 37.3 Å². The molecule has 0 saturated carbocycles. The fraction of sp³-hybridized carbons (Fsp3) is 0.600. The van der Waals surface area contributed by atoms with Crippen molar-refractivity contribution in [2.24, 2.45) is 11.8 Å². The number of ether oxygens (including phenoxy) is 6. The summed E-state index contributed by atoms with van der Waals surface area (Å²) in [5.41, 5.74) is 1.63. The fourth-order valence-corrected chi connectivity index (χ4v) is 10.9. The van der Waals surface area contributed by atoms with Crippen molar-refractivity contribution in [1.29, 1.82) is 0 Å². The molecule has 10 atom stereocenters. The summed E-state index contributed by atoms with van der Waals surface area (Å²) in [6.07, 6.45) is -4.18. The Balaban J connectivity index is 0.000000188. The molecule has 22 heteroatoms. The van der Waals surface area contributed by atoms with Crippen molar-refractivity contribution in [2.45, 2.75) is 108 Å². The zero-order valence-electron chi connectivity index (χ0n) is 44.6. The molecule has 4 aromatic rings.